The Labute approximate surface area is 108 Å². The zero-order valence-corrected chi connectivity index (χ0v) is 10.3. The summed E-state index contributed by atoms with van der Waals surface area (Å²) in [6, 6.07) is 2.63. The molecule has 2 N–H and O–H groups in total. The lowest BCUT2D eigenvalue weighted by molar-refractivity contribution is -0.138. The number of carboxylic acids is 1. The van der Waals surface area contributed by atoms with Gasteiger partial charge in [0.2, 0.25) is 5.56 Å². The zero-order chi connectivity index (χ0) is 13.8. The molecule has 0 spiro atoms. The van der Waals surface area contributed by atoms with Gasteiger partial charge in [-0.1, -0.05) is 6.92 Å². The maximum atomic E-state index is 11.0. The molecule has 2 heterocycles. The molecule has 1 unspecified atom stereocenters. The van der Waals surface area contributed by atoms with Crippen molar-refractivity contribution in [3.8, 4) is 11.4 Å². The van der Waals surface area contributed by atoms with Crippen molar-refractivity contribution in [2.75, 3.05) is 0 Å². The van der Waals surface area contributed by atoms with Crippen LogP contribution in [0.5, 0.6) is 0 Å². The summed E-state index contributed by atoms with van der Waals surface area (Å²) in [5.74, 6) is -0.473. The normalized spacial score (nSPS) is 12.3. The number of hydrogen-bond donors (Lipinski definition) is 2. The first kappa shape index (κ1) is 12.9. The van der Waals surface area contributed by atoms with E-state index in [9.17, 15) is 9.59 Å². The maximum absolute atomic E-state index is 11.0. The highest BCUT2D eigenvalue weighted by Gasteiger charge is 2.19. The second-order valence-electron chi connectivity index (χ2n) is 4.05. The van der Waals surface area contributed by atoms with E-state index in [2.05, 4.69) is 20.5 Å². The van der Waals surface area contributed by atoms with Gasteiger partial charge >= 0.3 is 5.97 Å². The number of pyridine rings is 1. The Hall–Kier alpha value is -2.51. The van der Waals surface area contributed by atoms with Crippen LogP contribution >= 0.6 is 0 Å². The molecule has 19 heavy (non-hydrogen) atoms. The molecule has 100 valence electrons. The van der Waals surface area contributed by atoms with Gasteiger partial charge in [-0.15, -0.1) is 5.10 Å². The molecule has 0 aliphatic carbocycles. The van der Waals surface area contributed by atoms with E-state index in [0.717, 1.165) is 0 Å². The summed E-state index contributed by atoms with van der Waals surface area (Å²) in [6.07, 6.45) is 2.03. The fraction of sp³-hybridized carbons (Fsp3) is 0.364. The highest BCUT2D eigenvalue weighted by molar-refractivity contribution is 5.67. The number of tetrazole rings is 1. The third-order valence-electron chi connectivity index (χ3n) is 2.76. The molecule has 0 aliphatic rings. The molecule has 0 saturated heterocycles. The highest BCUT2D eigenvalue weighted by atomic mass is 16.4. The Morgan fingerprint density at radius 2 is 2.32 bits per heavy atom. The van der Waals surface area contributed by atoms with Gasteiger partial charge in [-0.2, -0.15) is 0 Å². The van der Waals surface area contributed by atoms with Crippen LogP contribution in [0.2, 0.25) is 0 Å². The van der Waals surface area contributed by atoms with Crippen molar-refractivity contribution < 1.29 is 9.90 Å². The molecule has 2 aromatic heterocycles. The third-order valence-corrected chi connectivity index (χ3v) is 2.76. The minimum Gasteiger partial charge on any atom is -0.481 e. The SMILES string of the molecule is CCC(CC(=O)O)n1nnnc1-c1ccc(=O)[nH]c1. The molecule has 2 aromatic rings. The van der Waals surface area contributed by atoms with Crippen LogP contribution in [-0.2, 0) is 4.79 Å². The average Bonchev–Trinajstić information content (AvgIpc) is 2.85. The molecule has 0 aliphatic heterocycles. The third kappa shape index (κ3) is 2.84. The first-order valence-corrected chi connectivity index (χ1v) is 5.80. The quantitative estimate of drug-likeness (QED) is 0.809. The van der Waals surface area contributed by atoms with E-state index in [4.69, 9.17) is 5.11 Å². The summed E-state index contributed by atoms with van der Waals surface area (Å²) >= 11 is 0. The van der Waals surface area contributed by atoms with Gasteiger partial charge in [0, 0.05) is 17.8 Å². The number of carboxylic acid groups (broad SMARTS) is 1. The number of aromatic amines is 1. The Kier molecular flexibility index (Phi) is 3.69. The van der Waals surface area contributed by atoms with Crippen molar-refractivity contribution in [3.63, 3.8) is 0 Å². The van der Waals surface area contributed by atoms with Crippen LogP contribution in [0.1, 0.15) is 25.8 Å². The number of H-pyrrole nitrogens is 1. The molecule has 8 nitrogen and oxygen atoms in total. The van der Waals surface area contributed by atoms with E-state index in [1.165, 1.54) is 16.9 Å². The largest absolute Gasteiger partial charge is 0.481 e. The fourth-order valence-corrected chi connectivity index (χ4v) is 1.78. The summed E-state index contributed by atoms with van der Waals surface area (Å²) in [5.41, 5.74) is 0.411. The lowest BCUT2D eigenvalue weighted by Gasteiger charge is -2.13. The summed E-state index contributed by atoms with van der Waals surface area (Å²) in [7, 11) is 0. The Bertz CT molecular complexity index is 613. The molecule has 0 amide bonds. The summed E-state index contributed by atoms with van der Waals surface area (Å²) in [5, 5.41) is 20.2. The van der Waals surface area contributed by atoms with E-state index in [1.807, 2.05) is 6.92 Å². The molecule has 8 heteroatoms. The summed E-state index contributed by atoms with van der Waals surface area (Å²) < 4.78 is 1.47. The van der Waals surface area contributed by atoms with Gasteiger partial charge in [0.1, 0.15) is 0 Å². The van der Waals surface area contributed by atoms with Gasteiger partial charge in [-0.25, -0.2) is 4.68 Å². The number of nitrogens with zero attached hydrogens (tertiary/aromatic N) is 4. The number of aliphatic carboxylic acids is 1. The molecule has 1 atom stereocenters. The Balaban J connectivity index is 2.38. The van der Waals surface area contributed by atoms with Crippen LogP contribution in [0, 0.1) is 0 Å². The van der Waals surface area contributed by atoms with Crippen LogP contribution in [0.3, 0.4) is 0 Å². The number of aromatic nitrogens is 5. The molecule has 0 saturated carbocycles. The van der Waals surface area contributed by atoms with Crippen molar-refractivity contribution in [1.29, 1.82) is 0 Å². The predicted octanol–water partition coefficient (Wildman–Crippen LogP) is 0.454. The van der Waals surface area contributed by atoms with Crippen LogP contribution in [0.25, 0.3) is 11.4 Å². The first-order chi connectivity index (χ1) is 9.11. The maximum Gasteiger partial charge on any atom is 0.305 e. The summed E-state index contributed by atoms with van der Waals surface area (Å²) in [4.78, 5) is 24.4. The number of rotatable bonds is 5. The average molecular weight is 263 g/mol. The van der Waals surface area contributed by atoms with Crippen LogP contribution in [-0.4, -0.2) is 36.3 Å². The summed E-state index contributed by atoms with van der Waals surface area (Å²) in [6.45, 7) is 1.87. The lowest BCUT2D eigenvalue weighted by atomic mass is 10.1. The first-order valence-electron chi connectivity index (χ1n) is 5.80. The van der Waals surface area contributed by atoms with Gasteiger partial charge in [-0.05, 0) is 22.9 Å². The van der Waals surface area contributed by atoms with E-state index >= 15 is 0 Å². The van der Waals surface area contributed by atoms with Crippen LogP contribution in [0.15, 0.2) is 23.1 Å². The molecule has 0 bridgehead atoms. The molecular formula is C11H13N5O3. The predicted molar refractivity (Wildman–Crippen MR) is 65.5 cm³/mol. The Morgan fingerprint density at radius 1 is 1.53 bits per heavy atom. The number of nitrogens with one attached hydrogen (secondary N) is 1. The minimum atomic E-state index is -0.908. The van der Waals surface area contributed by atoms with E-state index in [1.54, 1.807) is 6.07 Å². The Morgan fingerprint density at radius 3 is 2.89 bits per heavy atom. The second kappa shape index (κ2) is 5.42. The number of hydrogen-bond acceptors (Lipinski definition) is 5. The van der Waals surface area contributed by atoms with E-state index in [0.29, 0.717) is 17.8 Å². The number of carbonyl (C=O) groups is 1. The van der Waals surface area contributed by atoms with Crippen LogP contribution in [0.4, 0.5) is 0 Å². The van der Waals surface area contributed by atoms with Gasteiger partial charge < -0.3 is 10.1 Å². The fourth-order valence-electron chi connectivity index (χ4n) is 1.78. The second-order valence-corrected chi connectivity index (χ2v) is 4.05. The molecule has 0 radical (unpaired) electrons. The van der Waals surface area contributed by atoms with Crippen molar-refractivity contribution >= 4 is 5.97 Å². The molecular weight excluding hydrogens is 250 g/mol. The molecule has 0 aromatic carbocycles. The van der Waals surface area contributed by atoms with E-state index in [-0.39, 0.29) is 18.0 Å². The van der Waals surface area contributed by atoms with Gasteiger partial charge in [0.25, 0.3) is 0 Å². The van der Waals surface area contributed by atoms with Gasteiger partial charge in [-0.3, -0.25) is 9.59 Å². The molecule has 0 fully saturated rings. The van der Waals surface area contributed by atoms with Gasteiger partial charge in [0.05, 0.1) is 12.5 Å². The minimum absolute atomic E-state index is 0.0576. The van der Waals surface area contributed by atoms with Crippen molar-refractivity contribution in [2.45, 2.75) is 25.8 Å². The van der Waals surface area contributed by atoms with Crippen molar-refractivity contribution in [3.05, 3.63) is 28.7 Å². The lowest BCUT2D eigenvalue weighted by Crippen LogP contribution is -2.16. The van der Waals surface area contributed by atoms with E-state index < -0.39 is 5.97 Å². The topological polar surface area (TPSA) is 114 Å². The standard InChI is InChI=1S/C11H13N5O3/c1-2-8(5-10(18)19)16-11(13-14-15-16)7-3-4-9(17)12-6-7/h3-4,6,8H,2,5H2,1H3,(H,12,17)(H,18,19). The van der Waals surface area contributed by atoms with Crippen molar-refractivity contribution in [1.82, 2.24) is 25.2 Å². The monoisotopic (exact) mass is 263 g/mol. The molecule has 2 rings (SSSR count). The smallest absolute Gasteiger partial charge is 0.305 e. The van der Waals surface area contributed by atoms with Crippen molar-refractivity contribution in [2.24, 2.45) is 0 Å². The van der Waals surface area contributed by atoms with Crippen LogP contribution < -0.4 is 5.56 Å². The highest BCUT2D eigenvalue weighted by Crippen LogP contribution is 2.21. The zero-order valence-electron chi connectivity index (χ0n) is 10.3. The van der Waals surface area contributed by atoms with Gasteiger partial charge in [0.15, 0.2) is 5.82 Å².